The topological polar surface area (TPSA) is 18.5 Å². The van der Waals surface area contributed by atoms with E-state index in [4.69, 9.17) is 9.47 Å². The summed E-state index contributed by atoms with van der Waals surface area (Å²) in [4.78, 5) is 0. The summed E-state index contributed by atoms with van der Waals surface area (Å²) in [5.74, 6) is 0. The molecular weight excluding hydrogens is 212 g/mol. The third kappa shape index (κ3) is 5.87. The van der Waals surface area contributed by atoms with E-state index < -0.39 is 0 Å². The van der Waals surface area contributed by atoms with Crippen molar-refractivity contribution in [3.8, 4) is 0 Å². The predicted octanol–water partition coefficient (Wildman–Crippen LogP) is 4.18. The number of ether oxygens (including phenoxy) is 2. The molecule has 0 aromatic heterocycles. The highest BCUT2D eigenvalue weighted by Crippen LogP contribution is 2.30. The van der Waals surface area contributed by atoms with E-state index in [0.29, 0.717) is 11.5 Å². The lowest BCUT2D eigenvalue weighted by Gasteiger charge is -2.29. The van der Waals surface area contributed by atoms with Crippen LogP contribution in [0.15, 0.2) is 0 Å². The van der Waals surface area contributed by atoms with Crippen molar-refractivity contribution < 1.29 is 9.47 Å². The molecule has 1 aliphatic heterocycles. The van der Waals surface area contributed by atoms with Gasteiger partial charge in [0.05, 0.1) is 19.3 Å². The molecule has 0 aliphatic carbocycles. The zero-order chi connectivity index (χ0) is 12.6. The minimum absolute atomic E-state index is 0.358. The number of unbranched alkanes of at least 4 members (excludes halogenated alkanes) is 3. The lowest BCUT2D eigenvalue weighted by molar-refractivity contribution is -0.0125. The van der Waals surface area contributed by atoms with Crippen molar-refractivity contribution in [3.63, 3.8) is 0 Å². The van der Waals surface area contributed by atoms with Gasteiger partial charge in [-0.2, -0.15) is 0 Å². The van der Waals surface area contributed by atoms with Crippen LogP contribution in [0.4, 0.5) is 0 Å². The molecule has 1 rings (SSSR count). The lowest BCUT2D eigenvalue weighted by atomic mass is 9.83. The lowest BCUT2D eigenvalue weighted by Crippen LogP contribution is -2.26. The van der Waals surface area contributed by atoms with Crippen LogP contribution in [0.3, 0.4) is 0 Å². The monoisotopic (exact) mass is 242 g/mol. The zero-order valence-electron chi connectivity index (χ0n) is 12.0. The van der Waals surface area contributed by atoms with Crippen LogP contribution in [0.1, 0.15) is 65.7 Å². The highest BCUT2D eigenvalue weighted by molar-refractivity contribution is 4.74. The Hall–Kier alpha value is -0.0800. The second-order valence-electron chi connectivity index (χ2n) is 5.77. The second-order valence-corrected chi connectivity index (χ2v) is 5.77. The van der Waals surface area contributed by atoms with Gasteiger partial charge in [0, 0.05) is 6.61 Å². The molecule has 2 nitrogen and oxygen atoms in total. The standard InChI is InChI=1S/C15H30O2/c1-4-6-7-8-10-15(3,5-2)13-17-14-9-11-16-12-14/h14H,4-13H2,1-3H3. The van der Waals surface area contributed by atoms with Crippen LogP contribution in [0.2, 0.25) is 0 Å². The van der Waals surface area contributed by atoms with Crippen LogP contribution >= 0.6 is 0 Å². The summed E-state index contributed by atoms with van der Waals surface area (Å²) in [5.41, 5.74) is 0.371. The Morgan fingerprint density at radius 1 is 1.24 bits per heavy atom. The molecule has 1 fully saturated rings. The van der Waals surface area contributed by atoms with E-state index >= 15 is 0 Å². The van der Waals surface area contributed by atoms with Crippen LogP contribution in [0.5, 0.6) is 0 Å². The highest BCUT2D eigenvalue weighted by atomic mass is 16.5. The van der Waals surface area contributed by atoms with E-state index in [1.165, 1.54) is 38.5 Å². The first-order chi connectivity index (χ1) is 8.20. The number of hydrogen-bond acceptors (Lipinski definition) is 2. The largest absolute Gasteiger partial charge is 0.379 e. The maximum absolute atomic E-state index is 5.99. The van der Waals surface area contributed by atoms with Gasteiger partial charge in [-0.05, 0) is 24.7 Å². The summed E-state index contributed by atoms with van der Waals surface area (Å²) in [6.45, 7) is 9.51. The molecule has 0 N–H and O–H groups in total. The molecule has 0 radical (unpaired) electrons. The van der Waals surface area contributed by atoms with Gasteiger partial charge < -0.3 is 9.47 Å². The summed E-state index contributed by atoms with van der Waals surface area (Å²) >= 11 is 0. The number of rotatable bonds is 9. The van der Waals surface area contributed by atoms with Crippen molar-refractivity contribution in [3.05, 3.63) is 0 Å². The molecule has 1 heterocycles. The summed E-state index contributed by atoms with van der Waals surface area (Å²) < 4.78 is 11.3. The average molecular weight is 242 g/mol. The van der Waals surface area contributed by atoms with Gasteiger partial charge in [0.2, 0.25) is 0 Å². The van der Waals surface area contributed by atoms with Crippen molar-refractivity contribution in [1.29, 1.82) is 0 Å². The summed E-state index contributed by atoms with van der Waals surface area (Å²) in [6, 6.07) is 0. The van der Waals surface area contributed by atoms with E-state index in [1.807, 2.05) is 0 Å². The molecule has 0 aromatic carbocycles. The molecule has 17 heavy (non-hydrogen) atoms. The first-order valence-corrected chi connectivity index (χ1v) is 7.39. The van der Waals surface area contributed by atoms with Gasteiger partial charge in [0.15, 0.2) is 0 Å². The smallest absolute Gasteiger partial charge is 0.0830 e. The van der Waals surface area contributed by atoms with Gasteiger partial charge in [-0.1, -0.05) is 46.5 Å². The third-order valence-electron chi connectivity index (χ3n) is 4.04. The molecule has 2 unspecified atom stereocenters. The fourth-order valence-corrected chi connectivity index (χ4v) is 2.29. The van der Waals surface area contributed by atoms with Crippen molar-refractivity contribution in [2.75, 3.05) is 19.8 Å². The van der Waals surface area contributed by atoms with Crippen LogP contribution in [0.25, 0.3) is 0 Å². The van der Waals surface area contributed by atoms with Crippen molar-refractivity contribution in [2.45, 2.75) is 71.8 Å². The van der Waals surface area contributed by atoms with E-state index in [1.54, 1.807) is 0 Å². The van der Waals surface area contributed by atoms with Crippen LogP contribution in [-0.2, 0) is 9.47 Å². The maximum Gasteiger partial charge on any atom is 0.0830 e. The Morgan fingerprint density at radius 2 is 2.06 bits per heavy atom. The average Bonchev–Trinajstić information content (AvgIpc) is 2.85. The minimum Gasteiger partial charge on any atom is -0.379 e. The Balaban J connectivity index is 2.18. The van der Waals surface area contributed by atoms with Gasteiger partial charge in [-0.25, -0.2) is 0 Å². The normalized spacial score (nSPS) is 23.8. The quantitative estimate of drug-likeness (QED) is 0.565. The number of hydrogen-bond donors (Lipinski definition) is 0. The molecular formula is C15H30O2. The van der Waals surface area contributed by atoms with Crippen molar-refractivity contribution >= 4 is 0 Å². The van der Waals surface area contributed by atoms with E-state index in [9.17, 15) is 0 Å². The first kappa shape index (κ1) is 15.0. The molecule has 0 bridgehead atoms. The molecule has 0 spiro atoms. The maximum atomic E-state index is 5.99. The van der Waals surface area contributed by atoms with Crippen LogP contribution in [0, 0.1) is 5.41 Å². The zero-order valence-corrected chi connectivity index (χ0v) is 12.0. The molecule has 1 aliphatic rings. The first-order valence-electron chi connectivity index (χ1n) is 7.39. The SMILES string of the molecule is CCCCCCC(C)(CC)COC1CCOC1. The summed E-state index contributed by atoms with van der Waals surface area (Å²) in [6.07, 6.45) is 9.37. The van der Waals surface area contributed by atoms with E-state index in [-0.39, 0.29) is 0 Å². The molecule has 2 heteroatoms. The molecule has 0 aromatic rings. The second kappa shape index (κ2) is 8.10. The third-order valence-corrected chi connectivity index (χ3v) is 4.04. The van der Waals surface area contributed by atoms with Crippen molar-refractivity contribution in [2.24, 2.45) is 5.41 Å². The fraction of sp³-hybridized carbons (Fsp3) is 1.00. The Labute approximate surface area is 107 Å². The predicted molar refractivity (Wildman–Crippen MR) is 72.3 cm³/mol. The molecule has 0 saturated carbocycles. The minimum atomic E-state index is 0.358. The fourth-order valence-electron chi connectivity index (χ4n) is 2.29. The van der Waals surface area contributed by atoms with E-state index in [0.717, 1.165) is 26.2 Å². The summed E-state index contributed by atoms with van der Waals surface area (Å²) in [5, 5.41) is 0. The van der Waals surface area contributed by atoms with Gasteiger partial charge in [-0.15, -0.1) is 0 Å². The van der Waals surface area contributed by atoms with E-state index in [2.05, 4.69) is 20.8 Å². The van der Waals surface area contributed by atoms with Gasteiger partial charge in [0.1, 0.15) is 0 Å². The Bertz CT molecular complexity index is 187. The summed E-state index contributed by atoms with van der Waals surface area (Å²) in [7, 11) is 0. The van der Waals surface area contributed by atoms with Crippen molar-refractivity contribution in [1.82, 2.24) is 0 Å². The molecule has 0 amide bonds. The Kier molecular flexibility index (Phi) is 7.14. The van der Waals surface area contributed by atoms with Gasteiger partial charge in [-0.3, -0.25) is 0 Å². The molecule has 2 atom stereocenters. The van der Waals surface area contributed by atoms with Crippen LogP contribution in [-0.4, -0.2) is 25.9 Å². The molecule has 1 saturated heterocycles. The van der Waals surface area contributed by atoms with Gasteiger partial charge in [0.25, 0.3) is 0 Å². The molecule has 102 valence electrons. The van der Waals surface area contributed by atoms with Crippen LogP contribution < -0.4 is 0 Å². The van der Waals surface area contributed by atoms with Gasteiger partial charge >= 0.3 is 0 Å². The Morgan fingerprint density at radius 3 is 2.65 bits per heavy atom. The highest BCUT2D eigenvalue weighted by Gasteiger charge is 2.25.